The van der Waals surface area contributed by atoms with Gasteiger partial charge in [-0.1, -0.05) is 54.6 Å². The first-order valence-electron chi connectivity index (χ1n) is 10.2. The molecular weight excluding hydrogens is 472 g/mol. The fourth-order valence-corrected chi connectivity index (χ4v) is 4.95. The molecular formula is C24H22F4N2O3S. The van der Waals surface area contributed by atoms with E-state index < -0.39 is 57.5 Å². The predicted octanol–water partition coefficient (Wildman–Crippen LogP) is 4.91. The average molecular weight is 495 g/mol. The van der Waals surface area contributed by atoms with Gasteiger partial charge in [0.1, 0.15) is 5.82 Å². The van der Waals surface area contributed by atoms with Crippen molar-refractivity contribution in [3.05, 3.63) is 101 Å². The summed E-state index contributed by atoms with van der Waals surface area (Å²) < 4.78 is 81.2. The molecule has 0 aromatic heterocycles. The number of nitrogens with zero attached hydrogens (tertiary/aromatic N) is 1. The topological polar surface area (TPSA) is 66.5 Å². The minimum atomic E-state index is -4.92. The number of rotatable bonds is 8. The quantitative estimate of drug-likeness (QED) is 0.453. The molecule has 0 saturated carbocycles. The molecule has 0 radical (unpaired) electrons. The molecule has 0 fully saturated rings. The highest BCUT2D eigenvalue weighted by Crippen LogP contribution is 2.35. The predicted molar refractivity (Wildman–Crippen MR) is 118 cm³/mol. The summed E-state index contributed by atoms with van der Waals surface area (Å²) in [6, 6.07) is 17.0. The lowest BCUT2D eigenvalue weighted by Gasteiger charge is -2.25. The second kappa shape index (κ2) is 10.4. The summed E-state index contributed by atoms with van der Waals surface area (Å²) in [5, 5.41) is 2.66. The fourth-order valence-electron chi connectivity index (χ4n) is 3.36. The zero-order valence-electron chi connectivity index (χ0n) is 18.1. The minimum absolute atomic E-state index is 0.304. The molecule has 34 heavy (non-hydrogen) atoms. The number of alkyl halides is 3. The summed E-state index contributed by atoms with van der Waals surface area (Å²) in [4.78, 5) is 11.8. The summed E-state index contributed by atoms with van der Waals surface area (Å²) in [5.41, 5.74) is -0.262. The highest BCUT2D eigenvalue weighted by atomic mass is 32.2. The monoisotopic (exact) mass is 494 g/mol. The van der Waals surface area contributed by atoms with E-state index in [9.17, 15) is 30.8 Å². The number of halogens is 4. The molecule has 5 nitrogen and oxygen atoms in total. The molecule has 1 atom stereocenters. The van der Waals surface area contributed by atoms with Gasteiger partial charge in [-0.2, -0.15) is 17.5 Å². The molecule has 0 saturated heterocycles. The number of sulfonamides is 1. The van der Waals surface area contributed by atoms with Crippen molar-refractivity contribution < 1.29 is 30.8 Å². The van der Waals surface area contributed by atoms with Gasteiger partial charge in [0.25, 0.3) is 0 Å². The molecule has 3 aromatic rings. The number of carbonyl (C=O) groups excluding carboxylic acids is 1. The third kappa shape index (κ3) is 6.21. The van der Waals surface area contributed by atoms with Gasteiger partial charge in [0.05, 0.1) is 23.0 Å². The normalized spacial score (nSPS) is 13.0. The van der Waals surface area contributed by atoms with Gasteiger partial charge in [0.15, 0.2) is 0 Å². The summed E-state index contributed by atoms with van der Waals surface area (Å²) in [6.07, 6.45) is -4.92. The Morgan fingerprint density at radius 3 is 2.15 bits per heavy atom. The van der Waals surface area contributed by atoms with E-state index in [4.69, 9.17) is 0 Å². The van der Waals surface area contributed by atoms with Crippen LogP contribution in [-0.2, 0) is 27.5 Å². The van der Waals surface area contributed by atoms with Gasteiger partial charge in [-0.15, -0.1) is 0 Å². The number of nitrogens with one attached hydrogen (secondary N) is 1. The number of amides is 1. The molecule has 0 aliphatic carbocycles. The van der Waals surface area contributed by atoms with Crippen molar-refractivity contribution in [1.29, 1.82) is 0 Å². The van der Waals surface area contributed by atoms with E-state index >= 15 is 0 Å². The molecule has 180 valence electrons. The van der Waals surface area contributed by atoms with Crippen LogP contribution in [0.5, 0.6) is 0 Å². The Hall–Kier alpha value is -3.24. The van der Waals surface area contributed by atoms with Crippen molar-refractivity contribution >= 4 is 15.9 Å². The first-order valence-corrected chi connectivity index (χ1v) is 11.7. The highest BCUT2D eigenvalue weighted by molar-refractivity contribution is 7.89. The Morgan fingerprint density at radius 1 is 0.941 bits per heavy atom. The molecule has 1 unspecified atom stereocenters. The van der Waals surface area contributed by atoms with Crippen molar-refractivity contribution in [1.82, 2.24) is 9.62 Å². The summed E-state index contributed by atoms with van der Waals surface area (Å²) >= 11 is 0. The first-order chi connectivity index (χ1) is 16.0. The highest BCUT2D eigenvalue weighted by Gasteiger charge is 2.39. The van der Waals surface area contributed by atoms with Crippen molar-refractivity contribution in [2.24, 2.45) is 0 Å². The first kappa shape index (κ1) is 25.4. The van der Waals surface area contributed by atoms with E-state index in [0.29, 0.717) is 15.9 Å². The minimum Gasteiger partial charge on any atom is -0.348 e. The van der Waals surface area contributed by atoms with Crippen LogP contribution in [0, 0.1) is 5.82 Å². The Kier molecular flexibility index (Phi) is 7.73. The van der Waals surface area contributed by atoms with Crippen LogP contribution in [0.4, 0.5) is 17.6 Å². The fraction of sp³-hybridized carbons (Fsp3) is 0.208. The van der Waals surface area contributed by atoms with E-state index in [1.54, 1.807) is 37.3 Å². The second-order valence-corrected chi connectivity index (χ2v) is 9.50. The Morgan fingerprint density at radius 2 is 1.53 bits per heavy atom. The van der Waals surface area contributed by atoms with Crippen molar-refractivity contribution in [3.63, 3.8) is 0 Å². The van der Waals surface area contributed by atoms with Crippen molar-refractivity contribution in [2.75, 3.05) is 6.54 Å². The van der Waals surface area contributed by atoms with E-state index in [1.165, 1.54) is 18.2 Å². The molecule has 10 heteroatoms. The summed E-state index contributed by atoms with van der Waals surface area (Å²) in [7, 11) is -4.76. The van der Waals surface area contributed by atoms with Crippen LogP contribution in [0.3, 0.4) is 0 Å². The molecule has 0 aliphatic heterocycles. The molecule has 0 heterocycles. The number of hydrogen-bond acceptors (Lipinski definition) is 3. The van der Waals surface area contributed by atoms with Gasteiger partial charge in [0.2, 0.25) is 15.9 Å². The van der Waals surface area contributed by atoms with E-state index in [0.717, 1.165) is 29.8 Å². The van der Waals surface area contributed by atoms with Gasteiger partial charge in [-0.3, -0.25) is 4.79 Å². The van der Waals surface area contributed by atoms with Gasteiger partial charge in [-0.25, -0.2) is 12.8 Å². The molecule has 0 bridgehead atoms. The molecule has 3 aromatic carbocycles. The average Bonchev–Trinajstić information content (AvgIpc) is 2.80. The number of benzene rings is 3. The Labute approximate surface area is 195 Å². The van der Waals surface area contributed by atoms with Crippen LogP contribution in [0.25, 0.3) is 0 Å². The third-order valence-corrected chi connectivity index (χ3v) is 6.93. The van der Waals surface area contributed by atoms with Gasteiger partial charge < -0.3 is 5.32 Å². The maximum atomic E-state index is 13.5. The zero-order valence-corrected chi connectivity index (χ0v) is 18.9. The largest absolute Gasteiger partial charge is 0.417 e. The van der Waals surface area contributed by atoms with Crippen LogP contribution in [0.15, 0.2) is 83.8 Å². The van der Waals surface area contributed by atoms with Crippen molar-refractivity contribution in [3.8, 4) is 0 Å². The standard InChI is InChI=1S/C24H22F4N2O3S/c1-17(19-7-3-2-4-8-19)29-23(31)16-30(15-18-11-13-20(25)14-12-18)34(32,33)22-10-6-5-9-21(22)24(26,27)28/h2-14,17H,15-16H2,1H3,(H,29,31). The number of hydrogen-bond donors (Lipinski definition) is 1. The van der Waals surface area contributed by atoms with Crippen LogP contribution >= 0.6 is 0 Å². The third-order valence-electron chi connectivity index (χ3n) is 5.08. The number of carbonyl (C=O) groups is 1. The van der Waals surface area contributed by atoms with Gasteiger partial charge in [-0.05, 0) is 42.3 Å². The lowest BCUT2D eigenvalue weighted by atomic mass is 10.1. The lowest BCUT2D eigenvalue weighted by Crippen LogP contribution is -2.41. The van der Waals surface area contributed by atoms with Crippen molar-refractivity contribution in [2.45, 2.75) is 30.6 Å². The smallest absolute Gasteiger partial charge is 0.348 e. The molecule has 1 amide bonds. The van der Waals surface area contributed by atoms with Gasteiger partial charge >= 0.3 is 6.18 Å². The second-order valence-electron chi connectivity index (χ2n) is 7.59. The van der Waals surface area contributed by atoms with Gasteiger partial charge in [0, 0.05) is 6.54 Å². The van der Waals surface area contributed by atoms with Crippen LogP contribution in [0.1, 0.15) is 29.7 Å². The summed E-state index contributed by atoms with van der Waals surface area (Å²) in [5.74, 6) is -1.26. The Balaban J connectivity index is 1.94. The van der Waals surface area contributed by atoms with E-state index in [1.807, 2.05) is 0 Å². The zero-order chi connectivity index (χ0) is 24.9. The SMILES string of the molecule is CC(NC(=O)CN(Cc1ccc(F)cc1)S(=O)(=O)c1ccccc1C(F)(F)F)c1ccccc1. The Bertz CT molecular complexity index is 1230. The summed E-state index contributed by atoms with van der Waals surface area (Å²) in [6.45, 7) is 0.538. The van der Waals surface area contributed by atoms with Crippen LogP contribution in [0.2, 0.25) is 0 Å². The molecule has 1 N–H and O–H groups in total. The maximum absolute atomic E-state index is 13.5. The van der Waals surface area contributed by atoms with E-state index in [-0.39, 0.29) is 0 Å². The molecule has 0 spiro atoms. The van der Waals surface area contributed by atoms with E-state index in [2.05, 4.69) is 5.32 Å². The lowest BCUT2D eigenvalue weighted by molar-refractivity contribution is -0.139. The van der Waals surface area contributed by atoms with Crippen LogP contribution in [-0.4, -0.2) is 25.2 Å². The maximum Gasteiger partial charge on any atom is 0.417 e. The van der Waals surface area contributed by atoms with Crippen LogP contribution < -0.4 is 5.32 Å². The molecule has 0 aliphatic rings. The molecule has 3 rings (SSSR count).